The molecule has 0 aliphatic carbocycles. The highest BCUT2D eigenvalue weighted by Crippen LogP contribution is 2.38. The van der Waals surface area contributed by atoms with Crippen LogP contribution >= 0.6 is 7.82 Å². The summed E-state index contributed by atoms with van der Waals surface area (Å²) in [6.07, 6.45) is 22.6. The van der Waals surface area contributed by atoms with Crippen LogP contribution in [0.4, 0.5) is 16.3 Å². The van der Waals surface area contributed by atoms with Gasteiger partial charge in [0.2, 0.25) is 0 Å². The molecule has 19 nitrogen and oxygen atoms in total. The molecule has 0 saturated carbocycles. The van der Waals surface area contributed by atoms with Gasteiger partial charge in [-0.3, -0.25) is 23.8 Å². The number of quaternary nitrogens is 1. The smallest absolute Gasteiger partial charge is 0.435 e. The Labute approximate surface area is 469 Å². The molecule has 0 aliphatic heterocycles. The Morgan fingerprint density at radius 1 is 0.734 bits per heavy atom. The van der Waals surface area contributed by atoms with Crippen LogP contribution in [0.25, 0.3) is 11.0 Å². The van der Waals surface area contributed by atoms with Crippen molar-refractivity contribution in [2.24, 2.45) is 17.8 Å². The number of esters is 2. The van der Waals surface area contributed by atoms with E-state index in [1.807, 2.05) is 44.9 Å². The van der Waals surface area contributed by atoms with Crippen LogP contribution < -0.4 is 20.8 Å². The molecule has 3 N–H and O–H groups in total. The first-order valence-corrected chi connectivity index (χ1v) is 30.2. The third kappa shape index (κ3) is 26.9. The molecule has 438 valence electrons. The fourth-order valence-electron chi connectivity index (χ4n) is 8.63. The molecule has 79 heavy (non-hydrogen) atoms. The normalized spacial score (nSPS) is 13.0. The van der Waals surface area contributed by atoms with Crippen LogP contribution in [0.5, 0.6) is 0 Å². The number of aryl methyl sites for hydroxylation is 1. The third-order valence-electron chi connectivity index (χ3n) is 13.4. The number of phosphoric ester groups is 1. The number of rotatable bonds is 41. The number of hydrogen-bond acceptors (Lipinski definition) is 14. The van der Waals surface area contributed by atoms with Crippen molar-refractivity contribution in [3.8, 4) is 0 Å². The number of amidine groups is 1. The second-order valence-electron chi connectivity index (χ2n) is 21.2. The summed E-state index contributed by atoms with van der Waals surface area (Å²) in [5, 5.41) is 3.35. The Morgan fingerprint density at radius 2 is 1.34 bits per heavy atom. The number of fused-ring (bicyclic) bond motifs is 1. The highest BCUT2D eigenvalue weighted by atomic mass is 31.2. The average molecular weight is 1120 g/mol. The van der Waals surface area contributed by atoms with E-state index in [0.717, 1.165) is 56.1 Å². The summed E-state index contributed by atoms with van der Waals surface area (Å²) < 4.78 is 41.6. The Morgan fingerprint density at radius 3 is 1.95 bits per heavy atom. The molecule has 2 aromatic carbocycles. The van der Waals surface area contributed by atoms with Crippen molar-refractivity contribution in [2.45, 2.75) is 168 Å². The van der Waals surface area contributed by atoms with Crippen LogP contribution in [0, 0.1) is 0 Å². The molecule has 0 spiro atoms. The number of pyridine rings is 1. The minimum atomic E-state index is -4.79. The van der Waals surface area contributed by atoms with E-state index in [-0.39, 0.29) is 31.8 Å². The van der Waals surface area contributed by atoms with Gasteiger partial charge in [0.05, 0.1) is 58.4 Å². The van der Waals surface area contributed by atoms with E-state index >= 15 is 0 Å². The minimum Gasteiger partial charge on any atom is -0.756 e. The van der Waals surface area contributed by atoms with E-state index in [1.54, 1.807) is 48.5 Å². The number of aliphatic imine (C=N–C) groups is 1. The fraction of sp³-hybridized carbons (Fsp3) is 0.610. The van der Waals surface area contributed by atoms with E-state index in [0.29, 0.717) is 58.9 Å². The van der Waals surface area contributed by atoms with Gasteiger partial charge in [-0.15, -0.1) is 0 Å². The van der Waals surface area contributed by atoms with Crippen LogP contribution in [-0.4, -0.2) is 116 Å². The quantitative estimate of drug-likeness (QED) is 0.00799. The van der Waals surface area contributed by atoms with Crippen molar-refractivity contribution in [3.63, 3.8) is 0 Å². The molecule has 2 unspecified atom stereocenters. The number of nitrogens with two attached hydrogens (primary N) is 1. The van der Waals surface area contributed by atoms with Gasteiger partial charge in [0, 0.05) is 43.0 Å². The lowest BCUT2D eigenvalue weighted by Gasteiger charge is -2.28. The number of nitrogens with one attached hydrogen (secondary N) is 1. The zero-order valence-corrected chi connectivity index (χ0v) is 49.0. The van der Waals surface area contributed by atoms with Gasteiger partial charge < -0.3 is 48.3 Å². The molecule has 0 saturated heterocycles. The van der Waals surface area contributed by atoms with Gasteiger partial charge >= 0.3 is 18.0 Å². The molecule has 2 heterocycles. The lowest BCUT2D eigenvalue weighted by Crippen LogP contribution is -2.37. The number of imidazole rings is 1. The number of aromatic nitrogens is 3. The van der Waals surface area contributed by atoms with Crippen molar-refractivity contribution in [2.75, 3.05) is 70.9 Å². The topological polar surface area (TPSA) is 239 Å². The first-order chi connectivity index (χ1) is 38.0. The van der Waals surface area contributed by atoms with Crippen molar-refractivity contribution in [1.29, 1.82) is 0 Å². The number of ether oxygens (including phenoxy) is 3. The SMILES string of the molecule is CCCCCCCCCCCCCCCCCCC(=O)OC(COC(=O)CCN(C(=O)c1ccc2c(c1)nc(CNc1ccc(/C(N)=N/C(=O)OCCCCCC)cc1)n2C)c1ccccn1)COP(=O)([O-])OCC[N+](C)(C)C. The van der Waals surface area contributed by atoms with E-state index in [2.05, 4.69) is 29.1 Å². The number of amides is 2. The number of benzene rings is 2. The van der Waals surface area contributed by atoms with Gasteiger partial charge in [-0.2, -0.15) is 4.99 Å². The fourth-order valence-corrected chi connectivity index (χ4v) is 9.36. The number of anilines is 2. The van der Waals surface area contributed by atoms with E-state index in [1.165, 1.54) is 88.1 Å². The second kappa shape index (κ2) is 36.5. The number of nitrogens with zero attached hydrogens (tertiary/aromatic N) is 6. The summed E-state index contributed by atoms with van der Waals surface area (Å²) in [5.74, 6) is -0.678. The van der Waals surface area contributed by atoms with Gasteiger partial charge in [-0.05, 0) is 67.4 Å². The number of carbonyl (C=O) groups excluding carboxylic acids is 4. The van der Waals surface area contributed by atoms with Crippen molar-refractivity contribution >= 4 is 60.1 Å². The van der Waals surface area contributed by atoms with E-state index in [4.69, 9.17) is 34.0 Å². The Balaban J connectivity index is 1.30. The third-order valence-corrected chi connectivity index (χ3v) is 14.4. The molecular formula is C59H91N8O11P. The first kappa shape index (κ1) is 65.8. The maximum atomic E-state index is 14.3. The number of phosphoric acid groups is 1. The highest BCUT2D eigenvalue weighted by Gasteiger charge is 2.25. The summed E-state index contributed by atoms with van der Waals surface area (Å²) in [6.45, 7) is 4.06. The van der Waals surface area contributed by atoms with Gasteiger partial charge in [-0.1, -0.05) is 135 Å². The van der Waals surface area contributed by atoms with Crippen LogP contribution in [0.15, 0.2) is 71.9 Å². The van der Waals surface area contributed by atoms with Crippen LogP contribution in [-0.2, 0) is 51.0 Å². The van der Waals surface area contributed by atoms with Gasteiger partial charge in [0.25, 0.3) is 13.7 Å². The predicted molar refractivity (Wildman–Crippen MR) is 309 cm³/mol. The van der Waals surface area contributed by atoms with Crippen molar-refractivity contribution in [3.05, 3.63) is 83.8 Å². The predicted octanol–water partition coefficient (Wildman–Crippen LogP) is 11.4. The summed E-state index contributed by atoms with van der Waals surface area (Å²) in [7, 11) is 2.76. The maximum Gasteiger partial charge on any atom is 0.435 e. The molecule has 0 radical (unpaired) electrons. The molecule has 4 aromatic rings. The van der Waals surface area contributed by atoms with Crippen molar-refractivity contribution < 1.29 is 56.4 Å². The zero-order valence-electron chi connectivity index (χ0n) is 48.1. The summed E-state index contributed by atoms with van der Waals surface area (Å²) >= 11 is 0. The molecule has 2 aromatic heterocycles. The second-order valence-corrected chi connectivity index (χ2v) is 22.6. The zero-order chi connectivity index (χ0) is 57.3. The minimum absolute atomic E-state index is 0.0574. The number of likely N-dealkylation sites (N-methyl/N-ethyl adjacent to an activating group) is 1. The van der Waals surface area contributed by atoms with E-state index < -0.39 is 51.1 Å². The Hall–Kier alpha value is -5.72. The van der Waals surface area contributed by atoms with Gasteiger partial charge in [0.1, 0.15) is 37.2 Å². The molecule has 4 rings (SSSR count). The first-order valence-electron chi connectivity index (χ1n) is 28.8. The molecular weight excluding hydrogens is 1030 g/mol. The molecule has 2 atom stereocenters. The molecule has 0 bridgehead atoms. The number of carbonyl (C=O) groups is 4. The Kier molecular flexibility index (Phi) is 30.4. The Bertz CT molecular complexity index is 2500. The van der Waals surface area contributed by atoms with Crippen LogP contribution in [0.1, 0.15) is 177 Å². The number of hydrogen-bond donors (Lipinski definition) is 2. The standard InChI is InChI=1S/C59H91N8O11P/c1-7-9-11-13-14-15-16-17-18-19-20-21-22-23-24-25-30-56(69)78-50(46-77-79(72,73)76-42-40-67(4,5)6)45-75-55(68)37-39-66(53-29-26-27-38-61-53)58(70)48-33-36-52-51(43-48)63-54(65(52)3)44-62-49-34-31-47(32-35-49)57(60)64-59(71)74-41-28-12-10-8-2/h26-27,29,31-36,38,43,50H,7-25,28,30,37,39-42,44-46H2,1-6H3,(H3-,60,62,64,71,72,73). The largest absolute Gasteiger partial charge is 0.756 e. The molecule has 2 amide bonds. The van der Waals surface area contributed by atoms with Crippen molar-refractivity contribution in [1.82, 2.24) is 14.5 Å². The summed E-state index contributed by atoms with van der Waals surface area (Å²) in [6, 6.07) is 17.4. The average Bonchev–Trinajstić information content (AvgIpc) is 3.79. The monoisotopic (exact) mass is 1120 g/mol. The molecule has 0 fully saturated rings. The summed E-state index contributed by atoms with van der Waals surface area (Å²) in [4.78, 5) is 80.0. The lowest BCUT2D eigenvalue weighted by molar-refractivity contribution is -0.870. The van der Waals surface area contributed by atoms with Crippen LogP contribution in [0.2, 0.25) is 0 Å². The van der Waals surface area contributed by atoms with Gasteiger partial charge in [0.15, 0.2) is 6.10 Å². The highest BCUT2D eigenvalue weighted by molar-refractivity contribution is 7.45. The van der Waals surface area contributed by atoms with Crippen LogP contribution in [0.3, 0.4) is 0 Å². The molecule has 0 aliphatic rings. The number of unbranched alkanes of at least 4 members (excludes halogenated alkanes) is 18. The van der Waals surface area contributed by atoms with Gasteiger partial charge in [-0.25, -0.2) is 14.8 Å². The summed E-state index contributed by atoms with van der Waals surface area (Å²) in [5.41, 5.74) is 9.09. The van der Waals surface area contributed by atoms with E-state index in [9.17, 15) is 28.6 Å². The lowest BCUT2D eigenvalue weighted by atomic mass is 10.0. The maximum absolute atomic E-state index is 14.3. The molecule has 20 heteroatoms.